The van der Waals surface area contributed by atoms with Gasteiger partial charge < -0.3 is 5.73 Å². The molecule has 0 heterocycles. The predicted molar refractivity (Wildman–Crippen MR) is 62.2 cm³/mol. The first-order valence-corrected chi connectivity index (χ1v) is 7.34. The van der Waals surface area contributed by atoms with Crippen molar-refractivity contribution >= 4 is 9.84 Å². The van der Waals surface area contributed by atoms with Gasteiger partial charge in [-0.05, 0) is 30.5 Å². The highest BCUT2D eigenvalue weighted by Gasteiger charge is 2.15. The van der Waals surface area contributed by atoms with Gasteiger partial charge in [0.05, 0.1) is 0 Å². The van der Waals surface area contributed by atoms with Crippen LogP contribution in [0.2, 0.25) is 0 Å². The van der Waals surface area contributed by atoms with Crippen LogP contribution < -0.4 is 5.73 Å². The standard InChI is InChI=1S/C11H14F3NO2S/c1-18(16,17)4-2-3-10(15)7-5-8(12)11(14)9(13)6-7/h5-6,10H,2-4,15H2,1H3. The first-order chi connectivity index (χ1) is 8.20. The number of nitrogens with two attached hydrogens (primary N) is 1. The third-order valence-electron chi connectivity index (χ3n) is 2.46. The minimum atomic E-state index is -3.09. The van der Waals surface area contributed by atoms with Crippen molar-refractivity contribution in [2.75, 3.05) is 12.0 Å². The van der Waals surface area contributed by atoms with Crippen LogP contribution >= 0.6 is 0 Å². The average Bonchev–Trinajstić information content (AvgIpc) is 2.23. The fraction of sp³-hybridized carbons (Fsp3) is 0.455. The maximum absolute atomic E-state index is 12.9. The van der Waals surface area contributed by atoms with Crippen LogP contribution in [0.3, 0.4) is 0 Å². The second-order valence-electron chi connectivity index (χ2n) is 4.18. The summed E-state index contributed by atoms with van der Waals surface area (Å²) in [4.78, 5) is 0. The molecule has 0 saturated carbocycles. The number of sulfone groups is 1. The molecule has 0 saturated heterocycles. The van der Waals surface area contributed by atoms with Crippen molar-refractivity contribution in [2.24, 2.45) is 5.73 Å². The Morgan fingerprint density at radius 2 is 1.72 bits per heavy atom. The van der Waals surface area contributed by atoms with Gasteiger partial charge in [0.15, 0.2) is 17.5 Å². The summed E-state index contributed by atoms with van der Waals surface area (Å²) >= 11 is 0. The SMILES string of the molecule is CS(=O)(=O)CCCC(N)c1cc(F)c(F)c(F)c1. The lowest BCUT2D eigenvalue weighted by molar-refractivity contribution is 0.442. The van der Waals surface area contributed by atoms with Crippen LogP contribution in [-0.2, 0) is 9.84 Å². The molecule has 1 atom stereocenters. The van der Waals surface area contributed by atoms with Crippen molar-refractivity contribution in [2.45, 2.75) is 18.9 Å². The van der Waals surface area contributed by atoms with Gasteiger partial charge in [-0.25, -0.2) is 21.6 Å². The molecule has 0 radical (unpaired) electrons. The summed E-state index contributed by atoms with van der Waals surface area (Å²) in [5.74, 6) is -4.19. The normalized spacial score (nSPS) is 13.6. The van der Waals surface area contributed by atoms with E-state index in [1.807, 2.05) is 0 Å². The molecule has 0 spiro atoms. The molecule has 0 aliphatic rings. The maximum atomic E-state index is 12.9. The monoisotopic (exact) mass is 281 g/mol. The molecule has 2 N–H and O–H groups in total. The Hall–Kier alpha value is -1.08. The van der Waals surface area contributed by atoms with E-state index >= 15 is 0 Å². The van der Waals surface area contributed by atoms with E-state index in [4.69, 9.17) is 5.73 Å². The Morgan fingerprint density at radius 3 is 2.17 bits per heavy atom. The van der Waals surface area contributed by atoms with Crippen LogP contribution in [0.25, 0.3) is 0 Å². The highest BCUT2D eigenvalue weighted by atomic mass is 32.2. The largest absolute Gasteiger partial charge is 0.324 e. The fourth-order valence-electron chi connectivity index (χ4n) is 1.52. The first kappa shape index (κ1) is 15.0. The minimum absolute atomic E-state index is 0.0488. The smallest absolute Gasteiger partial charge is 0.194 e. The van der Waals surface area contributed by atoms with Crippen molar-refractivity contribution in [1.29, 1.82) is 0 Å². The number of halogens is 3. The maximum Gasteiger partial charge on any atom is 0.194 e. The molecule has 0 aliphatic heterocycles. The Morgan fingerprint density at radius 1 is 1.22 bits per heavy atom. The molecule has 18 heavy (non-hydrogen) atoms. The lowest BCUT2D eigenvalue weighted by Gasteiger charge is -2.12. The van der Waals surface area contributed by atoms with E-state index < -0.39 is 33.3 Å². The van der Waals surface area contributed by atoms with Gasteiger partial charge in [-0.2, -0.15) is 0 Å². The average molecular weight is 281 g/mol. The second-order valence-corrected chi connectivity index (χ2v) is 6.44. The zero-order valence-corrected chi connectivity index (χ0v) is 10.6. The van der Waals surface area contributed by atoms with Gasteiger partial charge in [-0.1, -0.05) is 0 Å². The van der Waals surface area contributed by atoms with Crippen molar-refractivity contribution in [3.8, 4) is 0 Å². The Balaban J connectivity index is 2.70. The van der Waals surface area contributed by atoms with Crippen LogP contribution in [0, 0.1) is 17.5 Å². The van der Waals surface area contributed by atoms with Crippen LogP contribution in [0.1, 0.15) is 24.4 Å². The summed E-state index contributed by atoms with van der Waals surface area (Å²) in [6.07, 6.45) is 1.62. The molecule has 1 unspecified atom stereocenters. The topological polar surface area (TPSA) is 60.2 Å². The number of hydrogen-bond acceptors (Lipinski definition) is 3. The quantitative estimate of drug-likeness (QED) is 0.839. The van der Waals surface area contributed by atoms with Gasteiger partial charge in [0.25, 0.3) is 0 Å². The van der Waals surface area contributed by atoms with Crippen molar-refractivity contribution in [3.63, 3.8) is 0 Å². The molecule has 0 aliphatic carbocycles. The highest BCUT2D eigenvalue weighted by molar-refractivity contribution is 7.90. The Bertz CT molecular complexity index is 508. The van der Waals surface area contributed by atoms with Crippen LogP contribution in [0.4, 0.5) is 13.2 Å². The van der Waals surface area contributed by atoms with E-state index in [0.29, 0.717) is 0 Å². The summed E-state index contributed by atoms with van der Waals surface area (Å²) < 4.78 is 60.4. The fourth-order valence-corrected chi connectivity index (χ4v) is 2.21. The lowest BCUT2D eigenvalue weighted by atomic mass is 10.0. The van der Waals surface area contributed by atoms with Crippen LogP contribution in [0.5, 0.6) is 0 Å². The van der Waals surface area contributed by atoms with Crippen molar-refractivity contribution < 1.29 is 21.6 Å². The molecule has 0 aromatic heterocycles. The molecule has 0 fully saturated rings. The summed E-state index contributed by atoms with van der Waals surface area (Å²) in [5.41, 5.74) is 5.77. The van der Waals surface area contributed by atoms with Crippen LogP contribution in [-0.4, -0.2) is 20.4 Å². The van der Waals surface area contributed by atoms with Gasteiger partial charge in [0.2, 0.25) is 0 Å². The number of rotatable bonds is 5. The third-order valence-corrected chi connectivity index (χ3v) is 3.49. The molecule has 1 rings (SSSR count). The zero-order valence-electron chi connectivity index (χ0n) is 9.79. The summed E-state index contributed by atoms with van der Waals surface area (Å²) in [5, 5.41) is 0. The molecule has 102 valence electrons. The van der Waals surface area contributed by atoms with Gasteiger partial charge >= 0.3 is 0 Å². The zero-order chi connectivity index (χ0) is 13.9. The van der Waals surface area contributed by atoms with E-state index in [9.17, 15) is 21.6 Å². The molecule has 1 aromatic carbocycles. The molecule has 0 bridgehead atoms. The number of benzene rings is 1. The molecule has 7 heteroatoms. The Kier molecular flexibility index (Phi) is 4.75. The van der Waals surface area contributed by atoms with E-state index in [-0.39, 0.29) is 24.2 Å². The van der Waals surface area contributed by atoms with Crippen molar-refractivity contribution in [3.05, 3.63) is 35.1 Å². The summed E-state index contributed by atoms with van der Waals surface area (Å²) in [6, 6.07) is 0.920. The lowest BCUT2D eigenvalue weighted by Crippen LogP contribution is -2.14. The van der Waals surface area contributed by atoms with E-state index in [1.165, 1.54) is 0 Å². The summed E-state index contributed by atoms with van der Waals surface area (Å²) in [6.45, 7) is 0. The molecule has 0 amide bonds. The van der Waals surface area contributed by atoms with Gasteiger partial charge in [0.1, 0.15) is 9.84 Å². The summed E-state index contributed by atoms with van der Waals surface area (Å²) in [7, 11) is -3.09. The van der Waals surface area contributed by atoms with Crippen molar-refractivity contribution in [1.82, 2.24) is 0 Å². The number of hydrogen-bond donors (Lipinski definition) is 1. The van der Waals surface area contributed by atoms with E-state index in [0.717, 1.165) is 18.4 Å². The molecule has 1 aromatic rings. The van der Waals surface area contributed by atoms with Gasteiger partial charge in [-0.15, -0.1) is 0 Å². The molecule has 3 nitrogen and oxygen atoms in total. The Labute approximate surface area is 104 Å². The highest BCUT2D eigenvalue weighted by Crippen LogP contribution is 2.21. The van der Waals surface area contributed by atoms with Gasteiger partial charge in [0, 0.05) is 18.1 Å². The van der Waals surface area contributed by atoms with Crippen LogP contribution in [0.15, 0.2) is 12.1 Å². The van der Waals surface area contributed by atoms with Gasteiger partial charge in [-0.3, -0.25) is 0 Å². The molecular weight excluding hydrogens is 267 g/mol. The minimum Gasteiger partial charge on any atom is -0.324 e. The second kappa shape index (κ2) is 5.71. The van der Waals surface area contributed by atoms with E-state index in [2.05, 4.69) is 0 Å². The predicted octanol–water partition coefficient (Wildman–Crippen LogP) is 1.93. The third kappa shape index (κ3) is 4.30. The van der Waals surface area contributed by atoms with E-state index in [1.54, 1.807) is 0 Å². The first-order valence-electron chi connectivity index (χ1n) is 5.28. The molecular formula is C11H14F3NO2S.